The molecule has 0 spiro atoms. The van der Waals surface area contributed by atoms with Crippen LogP contribution in [0.15, 0.2) is 23.3 Å². The number of carbonyl (C=O) groups is 2. The van der Waals surface area contributed by atoms with Gasteiger partial charge in [0.25, 0.3) is 0 Å². The van der Waals surface area contributed by atoms with E-state index in [1.165, 1.54) is 0 Å². The van der Waals surface area contributed by atoms with Crippen molar-refractivity contribution in [3.05, 3.63) is 23.3 Å². The SMILES string of the molecule is CC1(C)CC[C@]2(P(C)(C)=O)CC[C@]3(C)[C@H](C(=O)C=C4[C@@]5(C)C=C(C#N)C(=O)C(C)(C)[C@@H]5CC[C@]43C)[C@@H]2C1. The molecular weight excluding hydrogens is 477 g/mol. The van der Waals surface area contributed by atoms with Crippen LogP contribution in [0.1, 0.15) is 93.4 Å². The summed E-state index contributed by atoms with van der Waals surface area (Å²) in [5, 5.41) is 9.63. The first-order valence-electron chi connectivity index (χ1n) is 14.3. The Hall–Kier alpha value is -1.46. The first kappa shape index (κ1) is 27.1. The fourth-order valence-electron chi connectivity index (χ4n) is 10.5. The highest BCUT2D eigenvalue weighted by Gasteiger charge is 2.71. The van der Waals surface area contributed by atoms with Gasteiger partial charge in [0.05, 0.1) is 12.7 Å². The molecule has 0 saturated heterocycles. The summed E-state index contributed by atoms with van der Waals surface area (Å²) >= 11 is 0. The van der Waals surface area contributed by atoms with E-state index in [4.69, 9.17) is 0 Å². The molecule has 0 aliphatic heterocycles. The van der Waals surface area contributed by atoms with E-state index in [1.54, 1.807) is 0 Å². The van der Waals surface area contributed by atoms with Gasteiger partial charge in [-0.15, -0.1) is 0 Å². The maximum absolute atomic E-state index is 14.4. The molecular formula is C32H46NO3P. The van der Waals surface area contributed by atoms with Gasteiger partial charge in [-0.3, -0.25) is 9.59 Å². The monoisotopic (exact) mass is 523 g/mol. The zero-order chi connectivity index (χ0) is 27.6. The van der Waals surface area contributed by atoms with Gasteiger partial charge in [-0.25, -0.2) is 0 Å². The van der Waals surface area contributed by atoms with E-state index < -0.39 is 18.0 Å². The lowest BCUT2D eigenvalue weighted by Crippen LogP contribution is -2.66. The van der Waals surface area contributed by atoms with Gasteiger partial charge in [0, 0.05) is 21.9 Å². The Bertz CT molecular complexity index is 1240. The van der Waals surface area contributed by atoms with Crippen molar-refractivity contribution in [1.82, 2.24) is 0 Å². The third kappa shape index (κ3) is 3.22. The molecule has 0 N–H and O–H groups in total. The smallest absolute Gasteiger partial charge is 0.178 e. The predicted octanol–water partition coefficient (Wildman–Crippen LogP) is 7.58. The minimum Gasteiger partial charge on any atom is -0.324 e. The van der Waals surface area contributed by atoms with E-state index in [0.29, 0.717) is 0 Å². The van der Waals surface area contributed by atoms with Crippen LogP contribution in [0, 0.1) is 56.2 Å². The third-order valence-corrected chi connectivity index (χ3v) is 15.8. The fraction of sp³-hybridized carbons (Fsp3) is 0.781. The first-order valence-corrected chi connectivity index (χ1v) is 16.9. The Morgan fingerprint density at radius 1 is 0.946 bits per heavy atom. The maximum Gasteiger partial charge on any atom is 0.178 e. The molecule has 37 heavy (non-hydrogen) atoms. The van der Waals surface area contributed by atoms with Gasteiger partial charge in [-0.05, 0) is 92.4 Å². The lowest BCUT2D eigenvalue weighted by atomic mass is 9.35. The van der Waals surface area contributed by atoms with E-state index >= 15 is 0 Å². The van der Waals surface area contributed by atoms with Crippen molar-refractivity contribution in [2.75, 3.05) is 13.3 Å². The molecule has 0 aromatic heterocycles. The average molecular weight is 524 g/mol. The molecule has 0 heterocycles. The van der Waals surface area contributed by atoms with Gasteiger partial charge in [-0.1, -0.05) is 60.1 Å². The number of nitriles is 1. The summed E-state index contributed by atoms with van der Waals surface area (Å²) in [4.78, 5) is 27.7. The molecule has 7 atom stereocenters. The summed E-state index contributed by atoms with van der Waals surface area (Å²) in [6, 6.07) is 2.19. The van der Waals surface area contributed by atoms with Gasteiger partial charge in [0.15, 0.2) is 11.6 Å². The first-order chi connectivity index (χ1) is 16.8. The molecule has 5 heteroatoms. The van der Waals surface area contributed by atoms with Crippen LogP contribution in [0.3, 0.4) is 0 Å². The second-order valence-corrected chi connectivity index (χ2v) is 19.3. The van der Waals surface area contributed by atoms with Crippen molar-refractivity contribution in [2.24, 2.45) is 44.8 Å². The number of nitrogens with zero attached hydrogens (tertiary/aromatic N) is 1. The van der Waals surface area contributed by atoms with Crippen LogP contribution in [0.25, 0.3) is 0 Å². The average Bonchev–Trinajstić information content (AvgIpc) is 2.76. The summed E-state index contributed by atoms with van der Waals surface area (Å²) in [6.45, 7) is 19.4. The molecule has 5 aliphatic carbocycles. The molecule has 202 valence electrons. The minimum absolute atomic E-state index is 0.0553. The van der Waals surface area contributed by atoms with Crippen molar-refractivity contribution in [3.8, 4) is 6.07 Å². The second-order valence-electron chi connectivity index (χ2n) is 15.7. The molecule has 0 aromatic carbocycles. The number of hydrogen-bond donors (Lipinski definition) is 0. The largest absolute Gasteiger partial charge is 0.324 e. The van der Waals surface area contributed by atoms with E-state index in [2.05, 4.69) is 40.7 Å². The van der Waals surface area contributed by atoms with E-state index in [9.17, 15) is 19.4 Å². The molecule has 0 unspecified atom stereocenters. The number of carbonyl (C=O) groups excluding carboxylic acids is 2. The molecule has 0 amide bonds. The normalized spacial score (nSPS) is 46.3. The molecule has 3 saturated carbocycles. The lowest BCUT2D eigenvalue weighted by molar-refractivity contribution is -0.153. The number of rotatable bonds is 1. The van der Waals surface area contributed by atoms with Gasteiger partial charge in [0.1, 0.15) is 6.07 Å². The highest BCUT2D eigenvalue weighted by molar-refractivity contribution is 7.64. The highest BCUT2D eigenvalue weighted by Crippen LogP contribution is 2.77. The van der Waals surface area contributed by atoms with Crippen LogP contribution in [0.4, 0.5) is 0 Å². The summed E-state index contributed by atoms with van der Waals surface area (Å²) in [7, 11) is -2.46. The summed E-state index contributed by atoms with van der Waals surface area (Å²) < 4.78 is 14.0. The Labute approximate surface area is 224 Å². The molecule has 0 radical (unpaired) electrons. The number of fused-ring (bicyclic) bond motifs is 7. The van der Waals surface area contributed by atoms with Gasteiger partial charge < -0.3 is 4.57 Å². The summed E-state index contributed by atoms with van der Waals surface area (Å²) in [5.74, 6) is 0.165. The topological polar surface area (TPSA) is 75.0 Å². The van der Waals surface area contributed by atoms with Crippen LogP contribution >= 0.6 is 7.14 Å². The predicted molar refractivity (Wildman–Crippen MR) is 149 cm³/mol. The third-order valence-electron chi connectivity index (χ3n) is 12.9. The highest BCUT2D eigenvalue weighted by atomic mass is 31.2. The molecule has 5 rings (SSSR count). The Morgan fingerprint density at radius 3 is 2.16 bits per heavy atom. The molecule has 3 fully saturated rings. The lowest BCUT2D eigenvalue weighted by Gasteiger charge is -2.69. The quantitative estimate of drug-likeness (QED) is 0.332. The van der Waals surface area contributed by atoms with Crippen molar-refractivity contribution < 1.29 is 14.2 Å². The Kier molecular flexibility index (Phi) is 5.56. The molecule has 0 aromatic rings. The maximum atomic E-state index is 14.4. The number of allylic oxidation sites excluding steroid dienone is 4. The van der Waals surface area contributed by atoms with Gasteiger partial charge >= 0.3 is 0 Å². The van der Waals surface area contributed by atoms with E-state index in [0.717, 1.165) is 50.5 Å². The van der Waals surface area contributed by atoms with E-state index in [-0.39, 0.29) is 56.3 Å². The van der Waals surface area contributed by atoms with Gasteiger partial charge in [0.2, 0.25) is 0 Å². The summed E-state index contributed by atoms with van der Waals surface area (Å²) in [5.41, 5.74) is -0.118. The van der Waals surface area contributed by atoms with Crippen LogP contribution in [0.5, 0.6) is 0 Å². The number of ketones is 2. The molecule has 4 nitrogen and oxygen atoms in total. The zero-order valence-electron chi connectivity index (χ0n) is 24.5. The van der Waals surface area contributed by atoms with Crippen molar-refractivity contribution >= 4 is 18.7 Å². The fourth-order valence-corrected chi connectivity index (χ4v) is 12.9. The minimum atomic E-state index is -2.46. The van der Waals surface area contributed by atoms with Gasteiger partial charge in [-0.2, -0.15) is 5.26 Å². The van der Waals surface area contributed by atoms with Crippen LogP contribution in [-0.4, -0.2) is 30.1 Å². The second kappa shape index (κ2) is 7.59. The molecule has 5 aliphatic rings. The van der Waals surface area contributed by atoms with E-state index in [1.807, 2.05) is 39.3 Å². The zero-order valence-corrected chi connectivity index (χ0v) is 25.4. The van der Waals surface area contributed by atoms with Crippen molar-refractivity contribution in [3.63, 3.8) is 0 Å². The van der Waals surface area contributed by atoms with Crippen LogP contribution in [-0.2, 0) is 14.2 Å². The Morgan fingerprint density at radius 2 is 1.57 bits per heavy atom. The van der Waals surface area contributed by atoms with Crippen molar-refractivity contribution in [2.45, 2.75) is 98.6 Å². The number of hydrogen-bond acceptors (Lipinski definition) is 4. The Balaban J connectivity index is 1.72. The van der Waals surface area contributed by atoms with Crippen LogP contribution < -0.4 is 0 Å². The molecule has 0 bridgehead atoms. The summed E-state index contributed by atoms with van der Waals surface area (Å²) in [6.07, 6.45) is 10.5. The standard InChI is InChI=1S/C32H46NO3P/c1-27(2)12-14-32(37(8,9)36)15-13-31(7)25(21(32)18-27)22(34)16-24-29(5)17-20(19-33)26(35)28(3,4)23(29)10-11-30(24,31)6/h16-17,21,23,25H,10-15,18H2,1-9H3/t21-,23-,25-,29-,30+,31+,32-/m0/s1. The van der Waals surface area contributed by atoms with Crippen LogP contribution in [0.2, 0.25) is 0 Å². The van der Waals surface area contributed by atoms with Crippen molar-refractivity contribution in [1.29, 1.82) is 5.26 Å². The number of Topliss-reactive ketones (excluding diaryl/α,β-unsaturated/α-hetero) is 1.